The topological polar surface area (TPSA) is 29.3 Å². The maximum absolute atomic E-state index is 12.5. The first kappa shape index (κ1) is 14.8. The van der Waals surface area contributed by atoms with Crippen LogP contribution in [0.15, 0.2) is 0 Å². The molecule has 0 saturated carbocycles. The Labute approximate surface area is 101 Å². The van der Waals surface area contributed by atoms with Crippen LogP contribution < -0.4 is 5.73 Å². The highest BCUT2D eigenvalue weighted by atomic mass is 19.4. The molecule has 0 aliphatic carbocycles. The highest BCUT2D eigenvalue weighted by Gasteiger charge is 2.41. The van der Waals surface area contributed by atoms with Gasteiger partial charge in [0.05, 0.1) is 5.92 Å². The van der Waals surface area contributed by atoms with Crippen LogP contribution in [-0.4, -0.2) is 36.8 Å². The molecular weight excluding hydrogens is 229 g/mol. The summed E-state index contributed by atoms with van der Waals surface area (Å²) in [7, 11) is 0. The van der Waals surface area contributed by atoms with E-state index in [4.69, 9.17) is 5.73 Å². The summed E-state index contributed by atoms with van der Waals surface area (Å²) in [5.74, 6) is -0.686. The van der Waals surface area contributed by atoms with Gasteiger partial charge in [-0.3, -0.25) is 0 Å². The number of nitrogens with two attached hydrogens (primary N) is 1. The van der Waals surface area contributed by atoms with Crippen LogP contribution in [0.3, 0.4) is 0 Å². The number of hydrogen-bond donors (Lipinski definition) is 1. The minimum Gasteiger partial charge on any atom is -0.326 e. The van der Waals surface area contributed by atoms with Gasteiger partial charge in [-0.2, -0.15) is 13.2 Å². The first-order valence-corrected chi connectivity index (χ1v) is 6.39. The lowest BCUT2D eigenvalue weighted by molar-refractivity contribution is -0.185. The van der Waals surface area contributed by atoms with Gasteiger partial charge in [0.2, 0.25) is 0 Å². The van der Waals surface area contributed by atoms with Gasteiger partial charge in [0.1, 0.15) is 0 Å². The molecule has 1 aliphatic heterocycles. The Balaban J connectivity index is 2.33. The Hall–Kier alpha value is -0.290. The molecule has 0 amide bonds. The molecule has 17 heavy (non-hydrogen) atoms. The number of rotatable bonds is 4. The second kappa shape index (κ2) is 6.05. The van der Waals surface area contributed by atoms with Crippen molar-refractivity contribution in [2.75, 3.05) is 19.6 Å². The highest BCUT2D eigenvalue weighted by molar-refractivity contribution is 4.80. The van der Waals surface area contributed by atoms with Crippen LogP contribution in [0.25, 0.3) is 0 Å². The van der Waals surface area contributed by atoms with E-state index in [1.54, 1.807) is 0 Å². The Kier molecular flexibility index (Phi) is 5.25. The molecule has 1 rings (SSSR count). The zero-order valence-electron chi connectivity index (χ0n) is 10.6. The van der Waals surface area contributed by atoms with Crippen molar-refractivity contribution >= 4 is 0 Å². The van der Waals surface area contributed by atoms with Crippen LogP contribution in [0, 0.1) is 11.8 Å². The molecule has 0 radical (unpaired) electrons. The summed E-state index contributed by atoms with van der Waals surface area (Å²) >= 11 is 0. The number of halogens is 3. The van der Waals surface area contributed by atoms with Crippen molar-refractivity contribution in [3.63, 3.8) is 0 Å². The van der Waals surface area contributed by atoms with Gasteiger partial charge in [0, 0.05) is 12.6 Å². The predicted octanol–water partition coefficient (Wildman–Crippen LogP) is 2.63. The molecule has 1 fully saturated rings. The van der Waals surface area contributed by atoms with Crippen LogP contribution >= 0.6 is 0 Å². The zero-order chi connectivity index (χ0) is 13.1. The number of alkyl halides is 3. The van der Waals surface area contributed by atoms with E-state index in [1.807, 2.05) is 0 Å². The molecule has 5 heteroatoms. The summed E-state index contributed by atoms with van der Waals surface area (Å²) < 4.78 is 37.4. The minimum absolute atomic E-state index is 0.0717. The van der Waals surface area contributed by atoms with E-state index in [1.165, 1.54) is 0 Å². The van der Waals surface area contributed by atoms with Gasteiger partial charge in [-0.05, 0) is 31.8 Å². The van der Waals surface area contributed by atoms with Crippen LogP contribution in [0.4, 0.5) is 13.2 Å². The summed E-state index contributed by atoms with van der Waals surface area (Å²) in [6, 6.07) is 0.0717. The quantitative estimate of drug-likeness (QED) is 0.833. The normalized spacial score (nSPS) is 23.6. The van der Waals surface area contributed by atoms with Crippen molar-refractivity contribution in [3.05, 3.63) is 0 Å². The van der Waals surface area contributed by atoms with E-state index in [2.05, 4.69) is 18.7 Å². The largest absolute Gasteiger partial charge is 0.391 e. The third-order valence-corrected chi connectivity index (χ3v) is 3.89. The van der Waals surface area contributed by atoms with Crippen LogP contribution in [0.5, 0.6) is 0 Å². The summed E-state index contributed by atoms with van der Waals surface area (Å²) in [6.07, 6.45) is -2.57. The number of piperidine rings is 1. The first-order chi connectivity index (χ1) is 7.84. The fraction of sp³-hybridized carbons (Fsp3) is 1.00. The van der Waals surface area contributed by atoms with Crippen LogP contribution in [0.1, 0.15) is 33.1 Å². The fourth-order valence-electron chi connectivity index (χ4n) is 2.22. The summed E-state index contributed by atoms with van der Waals surface area (Å²) in [5, 5.41) is 0. The number of nitrogens with zero attached hydrogens (tertiary/aromatic N) is 1. The molecule has 1 heterocycles. The summed E-state index contributed by atoms with van der Waals surface area (Å²) in [6.45, 7) is 5.94. The lowest BCUT2D eigenvalue weighted by Crippen LogP contribution is -2.46. The molecule has 0 spiro atoms. The second-order valence-corrected chi connectivity index (χ2v) is 5.17. The van der Waals surface area contributed by atoms with Gasteiger partial charge < -0.3 is 10.6 Å². The smallest absolute Gasteiger partial charge is 0.326 e. The van der Waals surface area contributed by atoms with Crippen molar-refractivity contribution in [1.29, 1.82) is 0 Å². The van der Waals surface area contributed by atoms with E-state index >= 15 is 0 Å². The molecule has 1 aliphatic rings. The maximum Gasteiger partial charge on any atom is 0.391 e. The third-order valence-electron chi connectivity index (χ3n) is 3.89. The lowest BCUT2D eigenvalue weighted by atomic mass is 9.94. The van der Waals surface area contributed by atoms with E-state index in [-0.39, 0.29) is 18.9 Å². The van der Waals surface area contributed by atoms with Gasteiger partial charge >= 0.3 is 6.18 Å². The Morgan fingerprint density at radius 3 is 2.24 bits per heavy atom. The third kappa shape index (κ3) is 4.47. The molecule has 2 unspecified atom stereocenters. The molecule has 0 bridgehead atoms. The summed E-state index contributed by atoms with van der Waals surface area (Å²) in [5.41, 5.74) is 6.02. The average Bonchev–Trinajstić information content (AvgIpc) is 2.27. The molecular formula is C12H23F3N2. The van der Waals surface area contributed by atoms with Crippen LogP contribution in [0.2, 0.25) is 0 Å². The zero-order valence-corrected chi connectivity index (χ0v) is 10.6. The van der Waals surface area contributed by atoms with Gasteiger partial charge in [-0.1, -0.05) is 20.3 Å². The molecule has 0 aromatic rings. The van der Waals surface area contributed by atoms with E-state index in [0.29, 0.717) is 19.0 Å². The molecule has 0 aromatic heterocycles. The Bertz CT molecular complexity index is 222. The number of likely N-dealkylation sites (tertiary alicyclic amines) is 1. The van der Waals surface area contributed by atoms with Crippen molar-refractivity contribution in [1.82, 2.24) is 4.90 Å². The molecule has 2 N–H and O–H groups in total. The van der Waals surface area contributed by atoms with Gasteiger partial charge in [0.25, 0.3) is 0 Å². The fourth-order valence-corrected chi connectivity index (χ4v) is 2.22. The molecule has 0 aromatic carbocycles. The first-order valence-electron chi connectivity index (χ1n) is 6.39. The van der Waals surface area contributed by atoms with E-state index in [0.717, 1.165) is 13.0 Å². The molecule has 2 nitrogen and oxygen atoms in total. The maximum atomic E-state index is 12.5. The minimum atomic E-state index is -4.02. The van der Waals surface area contributed by atoms with Gasteiger partial charge in [-0.15, -0.1) is 0 Å². The SMILES string of the molecule is CCC(C)C(N)CN1CCC(C(F)(F)F)CC1. The lowest BCUT2D eigenvalue weighted by Gasteiger charge is -2.35. The molecule has 1 saturated heterocycles. The predicted molar refractivity (Wildman–Crippen MR) is 62.6 cm³/mol. The monoisotopic (exact) mass is 252 g/mol. The van der Waals surface area contributed by atoms with Crippen LogP contribution in [-0.2, 0) is 0 Å². The van der Waals surface area contributed by atoms with Crippen molar-refractivity contribution in [2.24, 2.45) is 17.6 Å². The van der Waals surface area contributed by atoms with Gasteiger partial charge in [0.15, 0.2) is 0 Å². The Morgan fingerprint density at radius 2 is 1.82 bits per heavy atom. The summed E-state index contributed by atoms with van der Waals surface area (Å²) in [4.78, 5) is 2.07. The number of hydrogen-bond acceptors (Lipinski definition) is 2. The second-order valence-electron chi connectivity index (χ2n) is 5.17. The van der Waals surface area contributed by atoms with Crippen molar-refractivity contribution in [2.45, 2.75) is 45.3 Å². The standard InChI is InChI=1S/C12H23F3N2/c1-3-9(2)11(16)8-17-6-4-10(5-7-17)12(13,14)15/h9-11H,3-8,16H2,1-2H3. The van der Waals surface area contributed by atoms with E-state index < -0.39 is 12.1 Å². The highest BCUT2D eigenvalue weighted by Crippen LogP contribution is 2.34. The molecule has 102 valence electrons. The molecule has 2 atom stereocenters. The van der Waals surface area contributed by atoms with E-state index in [9.17, 15) is 13.2 Å². The van der Waals surface area contributed by atoms with Crippen molar-refractivity contribution in [3.8, 4) is 0 Å². The Morgan fingerprint density at radius 1 is 1.29 bits per heavy atom. The average molecular weight is 252 g/mol. The van der Waals surface area contributed by atoms with Crippen molar-refractivity contribution < 1.29 is 13.2 Å². The van der Waals surface area contributed by atoms with Gasteiger partial charge in [-0.25, -0.2) is 0 Å².